The number of hydrogen-bond acceptors (Lipinski definition) is 2. The molecule has 0 atom stereocenters. The Bertz CT molecular complexity index is 770. The topological polar surface area (TPSA) is 38.3 Å². The van der Waals surface area contributed by atoms with E-state index in [-0.39, 0.29) is 12.3 Å². The fraction of sp³-hybridized carbons (Fsp3) is 0.0500. The van der Waals surface area contributed by atoms with Crippen molar-refractivity contribution in [2.24, 2.45) is 0 Å². The summed E-state index contributed by atoms with van der Waals surface area (Å²) < 4.78 is 5.88. The summed E-state index contributed by atoms with van der Waals surface area (Å²) in [6.07, 6.45) is 0.262. The Kier molecular flexibility index (Phi) is 4.69. The van der Waals surface area contributed by atoms with Crippen LogP contribution < -0.4 is 10.1 Å². The van der Waals surface area contributed by atoms with Gasteiger partial charge in [-0.1, -0.05) is 54.6 Å². The molecule has 0 bridgehead atoms. The lowest BCUT2D eigenvalue weighted by atomic mass is 10.1. The van der Waals surface area contributed by atoms with Crippen LogP contribution >= 0.6 is 0 Å². The summed E-state index contributed by atoms with van der Waals surface area (Å²) in [5, 5.41) is 2.89. The maximum Gasteiger partial charge on any atom is 0.228 e. The molecule has 3 heteroatoms. The van der Waals surface area contributed by atoms with Crippen molar-refractivity contribution in [1.29, 1.82) is 0 Å². The van der Waals surface area contributed by atoms with Crippen LogP contribution in [0, 0.1) is 0 Å². The molecule has 23 heavy (non-hydrogen) atoms. The zero-order chi connectivity index (χ0) is 15.9. The van der Waals surface area contributed by atoms with Crippen LogP contribution in [0.25, 0.3) is 0 Å². The van der Waals surface area contributed by atoms with Gasteiger partial charge in [0.1, 0.15) is 11.5 Å². The monoisotopic (exact) mass is 303 g/mol. The van der Waals surface area contributed by atoms with Gasteiger partial charge in [0.05, 0.1) is 6.42 Å². The molecule has 3 rings (SSSR count). The highest BCUT2D eigenvalue weighted by Gasteiger charge is 2.09. The van der Waals surface area contributed by atoms with Gasteiger partial charge < -0.3 is 10.1 Å². The van der Waals surface area contributed by atoms with Crippen LogP contribution in [0.1, 0.15) is 5.56 Å². The third-order valence-electron chi connectivity index (χ3n) is 3.35. The molecule has 0 spiro atoms. The van der Waals surface area contributed by atoms with Crippen molar-refractivity contribution in [3.05, 3.63) is 90.5 Å². The molecule has 0 saturated carbocycles. The van der Waals surface area contributed by atoms with E-state index >= 15 is 0 Å². The molecule has 114 valence electrons. The smallest absolute Gasteiger partial charge is 0.228 e. The van der Waals surface area contributed by atoms with Gasteiger partial charge >= 0.3 is 0 Å². The Morgan fingerprint density at radius 3 is 2.13 bits per heavy atom. The van der Waals surface area contributed by atoms with E-state index in [9.17, 15) is 4.79 Å². The number of ether oxygens (including phenoxy) is 1. The van der Waals surface area contributed by atoms with Crippen molar-refractivity contribution in [3.63, 3.8) is 0 Å². The van der Waals surface area contributed by atoms with Gasteiger partial charge in [0, 0.05) is 11.3 Å². The Morgan fingerprint density at radius 1 is 0.783 bits per heavy atom. The molecule has 0 aliphatic carbocycles. The number of nitrogens with one attached hydrogen (secondary N) is 1. The van der Waals surface area contributed by atoms with Crippen LogP contribution in [0.15, 0.2) is 84.9 Å². The molecule has 1 amide bonds. The molecule has 0 aromatic heterocycles. The number of carbonyl (C=O) groups is 1. The third-order valence-corrected chi connectivity index (χ3v) is 3.35. The molecule has 3 nitrogen and oxygen atoms in total. The predicted molar refractivity (Wildman–Crippen MR) is 91.7 cm³/mol. The van der Waals surface area contributed by atoms with E-state index in [2.05, 4.69) is 5.32 Å². The molecule has 3 aromatic carbocycles. The van der Waals surface area contributed by atoms with Crippen molar-refractivity contribution < 1.29 is 9.53 Å². The highest BCUT2D eigenvalue weighted by Crippen LogP contribution is 2.25. The van der Waals surface area contributed by atoms with Gasteiger partial charge in [-0.15, -0.1) is 0 Å². The molecular formula is C20H17NO2. The summed E-state index contributed by atoms with van der Waals surface area (Å²) in [7, 11) is 0. The van der Waals surface area contributed by atoms with Crippen molar-refractivity contribution >= 4 is 11.6 Å². The highest BCUT2D eigenvalue weighted by molar-refractivity contribution is 5.92. The first-order valence-corrected chi connectivity index (χ1v) is 7.47. The van der Waals surface area contributed by atoms with E-state index in [1.807, 2.05) is 84.9 Å². The molecular weight excluding hydrogens is 286 g/mol. The summed E-state index contributed by atoms with van der Waals surface area (Å²) in [5.74, 6) is 1.38. The van der Waals surface area contributed by atoms with Crippen LogP contribution in [-0.2, 0) is 11.2 Å². The van der Waals surface area contributed by atoms with Crippen LogP contribution in [0.2, 0.25) is 0 Å². The maximum absolute atomic E-state index is 12.2. The van der Waals surface area contributed by atoms with E-state index in [1.54, 1.807) is 0 Å². The molecule has 0 fully saturated rings. The molecule has 3 aromatic rings. The fourth-order valence-electron chi connectivity index (χ4n) is 2.26. The number of hydrogen-bond donors (Lipinski definition) is 1. The molecule has 0 saturated heterocycles. The van der Waals surface area contributed by atoms with E-state index < -0.39 is 0 Å². The minimum atomic E-state index is -0.0692. The van der Waals surface area contributed by atoms with E-state index in [1.165, 1.54) is 0 Å². The van der Waals surface area contributed by atoms with Gasteiger partial charge in [0.2, 0.25) is 5.91 Å². The number of rotatable bonds is 5. The van der Waals surface area contributed by atoms with Gasteiger partial charge in [-0.3, -0.25) is 4.79 Å². The van der Waals surface area contributed by atoms with Crippen LogP contribution in [-0.4, -0.2) is 5.91 Å². The quantitative estimate of drug-likeness (QED) is 0.744. The van der Waals surface area contributed by atoms with Gasteiger partial charge in [0.25, 0.3) is 0 Å². The predicted octanol–water partition coefficient (Wildman–Crippen LogP) is 4.66. The average molecular weight is 303 g/mol. The summed E-state index contributed by atoms with van der Waals surface area (Å²) in [4.78, 5) is 12.2. The van der Waals surface area contributed by atoms with Gasteiger partial charge in [0.15, 0.2) is 0 Å². The number of benzene rings is 3. The molecule has 0 heterocycles. The average Bonchev–Trinajstić information content (AvgIpc) is 2.58. The van der Waals surface area contributed by atoms with Crippen LogP contribution in [0.4, 0.5) is 5.69 Å². The Labute approximate surface area is 135 Å². The zero-order valence-electron chi connectivity index (χ0n) is 12.6. The van der Waals surface area contributed by atoms with Crippen molar-refractivity contribution in [3.8, 4) is 11.5 Å². The SMILES string of the molecule is O=C(Cc1ccccc1Oc1ccccc1)Nc1ccccc1. The number of amides is 1. The number of para-hydroxylation sites is 3. The van der Waals surface area contributed by atoms with Crippen LogP contribution in [0.5, 0.6) is 11.5 Å². The highest BCUT2D eigenvalue weighted by atomic mass is 16.5. The fourth-order valence-corrected chi connectivity index (χ4v) is 2.26. The number of anilines is 1. The second-order valence-corrected chi connectivity index (χ2v) is 5.11. The van der Waals surface area contributed by atoms with Gasteiger partial charge in [-0.25, -0.2) is 0 Å². The lowest BCUT2D eigenvalue weighted by Crippen LogP contribution is -2.14. The lowest BCUT2D eigenvalue weighted by molar-refractivity contribution is -0.115. The van der Waals surface area contributed by atoms with Crippen molar-refractivity contribution in [1.82, 2.24) is 0 Å². The van der Waals surface area contributed by atoms with E-state index in [4.69, 9.17) is 4.74 Å². The Balaban J connectivity index is 1.71. The van der Waals surface area contributed by atoms with Gasteiger partial charge in [-0.05, 0) is 30.3 Å². The standard InChI is InChI=1S/C20H17NO2/c22-20(21-17-10-3-1-4-11-17)15-16-9-7-8-14-19(16)23-18-12-5-2-6-13-18/h1-14H,15H2,(H,21,22). The first-order valence-electron chi connectivity index (χ1n) is 7.47. The minimum absolute atomic E-state index is 0.0692. The molecule has 0 unspecified atom stereocenters. The molecule has 1 N–H and O–H groups in total. The first kappa shape index (κ1) is 14.9. The normalized spacial score (nSPS) is 10.1. The zero-order valence-corrected chi connectivity index (χ0v) is 12.6. The maximum atomic E-state index is 12.2. The number of carbonyl (C=O) groups excluding carboxylic acids is 1. The summed E-state index contributed by atoms with van der Waals surface area (Å²) in [6, 6.07) is 26.6. The molecule has 0 aliphatic rings. The second-order valence-electron chi connectivity index (χ2n) is 5.11. The van der Waals surface area contributed by atoms with Gasteiger partial charge in [-0.2, -0.15) is 0 Å². The summed E-state index contributed by atoms with van der Waals surface area (Å²) >= 11 is 0. The first-order chi connectivity index (χ1) is 11.3. The Morgan fingerprint density at radius 2 is 1.39 bits per heavy atom. The summed E-state index contributed by atoms with van der Waals surface area (Å²) in [5.41, 5.74) is 1.64. The molecule has 0 aliphatic heterocycles. The van der Waals surface area contributed by atoms with E-state index in [0.29, 0.717) is 5.75 Å². The van der Waals surface area contributed by atoms with E-state index in [0.717, 1.165) is 17.0 Å². The van der Waals surface area contributed by atoms with Crippen molar-refractivity contribution in [2.45, 2.75) is 6.42 Å². The van der Waals surface area contributed by atoms with Crippen LogP contribution in [0.3, 0.4) is 0 Å². The third kappa shape index (κ3) is 4.20. The van der Waals surface area contributed by atoms with Crippen molar-refractivity contribution in [2.75, 3.05) is 5.32 Å². The minimum Gasteiger partial charge on any atom is -0.457 e. The summed E-state index contributed by atoms with van der Waals surface area (Å²) in [6.45, 7) is 0. The lowest BCUT2D eigenvalue weighted by Gasteiger charge is -2.11. The molecule has 0 radical (unpaired) electrons. The largest absolute Gasteiger partial charge is 0.457 e. The Hall–Kier alpha value is -3.07. The second kappa shape index (κ2) is 7.27.